The van der Waals surface area contributed by atoms with Crippen LogP contribution in [0.15, 0.2) is 42.5 Å². The summed E-state index contributed by atoms with van der Waals surface area (Å²) in [7, 11) is -3.84. The molecule has 0 radical (unpaired) electrons. The summed E-state index contributed by atoms with van der Waals surface area (Å²) in [4.78, 5) is 25.1. The molecule has 172 valence electrons. The number of benzene rings is 1. The summed E-state index contributed by atoms with van der Waals surface area (Å²) in [6.45, 7) is 4.07. The number of carbonyl (C=O) groups is 2. The van der Waals surface area contributed by atoms with Crippen molar-refractivity contribution >= 4 is 27.7 Å². The Kier molecular flexibility index (Phi) is 5.09. The lowest BCUT2D eigenvalue weighted by molar-refractivity contribution is -0.147. The van der Waals surface area contributed by atoms with E-state index in [2.05, 4.69) is 11.9 Å². The van der Waals surface area contributed by atoms with Crippen molar-refractivity contribution in [2.45, 2.75) is 38.1 Å². The van der Waals surface area contributed by atoms with Gasteiger partial charge in [0.25, 0.3) is 0 Å². The third kappa shape index (κ3) is 3.51. The molecule has 8 nitrogen and oxygen atoms in total. The number of amides is 2. The number of para-hydroxylation sites is 1. The van der Waals surface area contributed by atoms with Crippen LogP contribution in [-0.2, 0) is 19.8 Å². The first kappa shape index (κ1) is 21.5. The Balaban J connectivity index is 1.29. The second-order valence-corrected chi connectivity index (χ2v) is 11.9. The number of anilines is 1. The van der Waals surface area contributed by atoms with Gasteiger partial charge in [-0.05, 0) is 67.6 Å². The predicted molar refractivity (Wildman–Crippen MR) is 121 cm³/mol. The molecular formula is C23H30N4O4S. The molecule has 3 N–H and O–H groups in total. The maximum Gasteiger partial charge on any atom is 0.305 e. The van der Waals surface area contributed by atoms with Crippen LogP contribution in [0.2, 0.25) is 0 Å². The molecule has 2 unspecified atom stereocenters. The molecule has 32 heavy (non-hydrogen) atoms. The molecule has 4 saturated carbocycles. The Bertz CT molecular complexity index is 1040. The van der Waals surface area contributed by atoms with Crippen LogP contribution in [-0.4, -0.2) is 50.2 Å². The van der Waals surface area contributed by atoms with E-state index in [0.29, 0.717) is 11.6 Å². The molecule has 6 rings (SSSR count). The Morgan fingerprint density at radius 3 is 2.38 bits per heavy atom. The van der Waals surface area contributed by atoms with E-state index in [9.17, 15) is 18.0 Å². The zero-order valence-electron chi connectivity index (χ0n) is 18.1. The molecule has 0 aromatic heterocycles. The zero-order valence-corrected chi connectivity index (χ0v) is 18.9. The van der Waals surface area contributed by atoms with Crippen molar-refractivity contribution in [3.8, 4) is 0 Å². The number of hydrogen-bond acceptors (Lipinski definition) is 4. The van der Waals surface area contributed by atoms with Gasteiger partial charge in [-0.3, -0.25) is 13.9 Å². The molecule has 1 aromatic rings. The first-order chi connectivity index (χ1) is 15.2. The highest BCUT2D eigenvalue weighted by Gasteiger charge is 2.58. The molecule has 0 spiro atoms. The number of hydrogen-bond donors (Lipinski definition) is 2. The summed E-state index contributed by atoms with van der Waals surface area (Å²) in [5, 5.41) is 3.13. The van der Waals surface area contributed by atoms with Gasteiger partial charge < -0.3 is 11.1 Å². The summed E-state index contributed by atoms with van der Waals surface area (Å²) < 4.78 is 28.9. The Labute approximate surface area is 189 Å². The average Bonchev–Trinajstić information content (AvgIpc) is 2.73. The van der Waals surface area contributed by atoms with Crippen LogP contribution in [0.4, 0.5) is 5.69 Å². The van der Waals surface area contributed by atoms with E-state index in [1.807, 2.05) is 6.07 Å². The molecule has 1 aromatic carbocycles. The molecule has 5 aliphatic rings. The van der Waals surface area contributed by atoms with Gasteiger partial charge in [0, 0.05) is 18.0 Å². The van der Waals surface area contributed by atoms with E-state index >= 15 is 0 Å². The molecule has 4 bridgehead atoms. The van der Waals surface area contributed by atoms with Crippen LogP contribution in [0.3, 0.4) is 0 Å². The summed E-state index contributed by atoms with van der Waals surface area (Å²) in [6, 6.07) is 8.84. The number of nitrogens with two attached hydrogens (primary N) is 1. The van der Waals surface area contributed by atoms with Gasteiger partial charge in [-0.2, -0.15) is 12.7 Å². The molecule has 5 fully saturated rings. The number of nitrogens with one attached hydrogen (secondary N) is 1. The average molecular weight is 459 g/mol. The van der Waals surface area contributed by atoms with Crippen molar-refractivity contribution in [1.82, 2.24) is 9.62 Å². The third-order valence-corrected chi connectivity index (χ3v) is 9.67. The quantitative estimate of drug-likeness (QED) is 0.650. The van der Waals surface area contributed by atoms with Gasteiger partial charge in [0.05, 0.1) is 18.8 Å². The highest BCUT2D eigenvalue weighted by molar-refractivity contribution is 7.90. The maximum atomic E-state index is 13.2. The van der Waals surface area contributed by atoms with Gasteiger partial charge in [-0.1, -0.05) is 24.8 Å². The van der Waals surface area contributed by atoms with Crippen LogP contribution in [0, 0.1) is 23.2 Å². The fraction of sp³-hybridized carbons (Fsp3) is 0.565. The van der Waals surface area contributed by atoms with E-state index in [0.717, 1.165) is 37.7 Å². The molecule has 1 heterocycles. The lowest BCUT2D eigenvalue weighted by atomic mass is 9.47. The van der Waals surface area contributed by atoms with E-state index < -0.39 is 15.6 Å². The van der Waals surface area contributed by atoms with Crippen molar-refractivity contribution in [3.63, 3.8) is 0 Å². The smallest absolute Gasteiger partial charge is 0.305 e. The summed E-state index contributed by atoms with van der Waals surface area (Å²) in [5.41, 5.74) is 6.62. The molecule has 9 heteroatoms. The van der Waals surface area contributed by atoms with Gasteiger partial charge in [0.2, 0.25) is 11.8 Å². The minimum absolute atomic E-state index is 0.0209. The highest BCUT2D eigenvalue weighted by Crippen LogP contribution is 2.59. The van der Waals surface area contributed by atoms with Gasteiger partial charge in [-0.15, -0.1) is 0 Å². The van der Waals surface area contributed by atoms with Gasteiger partial charge in [-0.25, -0.2) is 0 Å². The van der Waals surface area contributed by atoms with Gasteiger partial charge in [0.1, 0.15) is 0 Å². The lowest BCUT2D eigenvalue weighted by Crippen LogP contribution is -2.63. The van der Waals surface area contributed by atoms with E-state index in [-0.39, 0.29) is 49.3 Å². The van der Waals surface area contributed by atoms with Crippen LogP contribution in [0.1, 0.15) is 32.1 Å². The normalized spacial score (nSPS) is 35.6. The minimum Gasteiger partial charge on any atom is -0.369 e. The topological polar surface area (TPSA) is 113 Å². The first-order valence-corrected chi connectivity index (χ1v) is 12.7. The van der Waals surface area contributed by atoms with Crippen LogP contribution in [0.5, 0.6) is 0 Å². The largest absolute Gasteiger partial charge is 0.369 e. The second-order valence-electron chi connectivity index (χ2n) is 10.1. The van der Waals surface area contributed by atoms with Gasteiger partial charge >= 0.3 is 10.2 Å². The summed E-state index contributed by atoms with van der Waals surface area (Å²) >= 11 is 0. The molecule has 4 aliphatic carbocycles. The maximum absolute atomic E-state index is 13.2. The van der Waals surface area contributed by atoms with Crippen molar-refractivity contribution in [1.29, 1.82) is 0 Å². The summed E-state index contributed by atoms with van der Waals surface area (Å²) in [5.74, 6) is 0.443. The first-order valence-electron chi connectivity index (χ1n) is 11.3. The number of carbonyl (C=O) groups excluding carboxylic acids is 2. The number of primary amides is 1. The molecule has 1 aliphatic heterocycles. The zero-order chi connectivity index (χ0) is 22.7. The van der Waals surface area contributed by atoms with Crippen molar-refractivity contribution in [2.24, 2.45) is 28.9 Å². The standard InChI is InChI=1S/C23H30N4O4S/c1-15-12-26(32(30,31)27(13-15)19-5-3-2-4-6-19)14-20(28)25-21-17-7-16-8-18(21)11-23(9-16,10-17)22(24)29/h2-6,16-18,21H,1,7-14H2,(H2,24,29)(H,25,28). The number of nitrogens with zero attached hydrogens (tertiary/aromatic N) is 2. The highest BCUT2D eigenvalue weighted by atomic mass is 32.2. The predicted octanol–water partition coefficient (Wildman–Crippen LogP) is 1.41. The van der Waals surface area contributed by atoms with E-state index in [4.69, 9.17) is 5.73 Å². The second kappa shape index (κ2) is 7.59. The molecule has 2 amide bonds. The van der Waals surface area contributed by atoms with Crippen LogP contribution in [0.25, 0.3) is 0 Å². The van der Waals surface area contributed by atoms with Crippen LogP contribution < -0.4 is 15.4 Å². The lowest BCUT2D eigenvalue weighted by Gasteiger charge is -2.58. The SMILES string of the molecule is C=C1CN(CC(=O)NC2C3CC4CC2CC(C(N)=O)(C4)C3)S(=O)(=O)N(c2ccccc2)C1. The van der Waals surface area contributed by atoms with E-state index in [1.165, 1.54) is 8.61 Å². The van der Waals surface area contributed by atoms with Crippen molar-refractivity contribution < 1.29 is 18.0 Å². The monoisotopic (exact) mass is 458 g/mol. The molecule has 2 atom stereocenters. The van der Waals surface area contributed by atoms with E-state index in [1.54, 1.807) is 24.3 Å². The third-order valence-electron chi connectivity index (χ3n) is 7.86. The minimum atomic E-state index is -3.84. The van der Waals surface area contributed by atoms with Crippen molar-refractivity contribution in [2.75, 3.05) is 23.9 Å². The molecular weight excluding hydrogens is 428 g/mol. The van der Waals surface area contributed by atoms with Crippen LogP contribution >= 0.6 is 0 Å². The number of rotatable bonds is 5. The summed E-state index contributed by atoms with van der Waals surface area (Å²) in [6.07, 6.45) is 4.31. The van der Waals surface area contributed by atoms with Crippen molar-refractivity contribution in [3.05, 3.63) is 42.5 Å². The Morgan fingerprint density at radius 2 is 1.75 bits per heavy atom. The van der Waals surface area contributed by atoms with Gasteiger partial charge in [0.15, 0.2) is 0 Å². The fourth-order valence-electron chi connectivity index (χ4n) is 6.71. The fourth-order valence-corrected chi connectivity index (χ4v) is 8.35. The molecule has 1 saturated heterocycles. The Hall–Kier alpha value is -2.39. The Morgan fingerprint density at radius 1 is 1.09 bits per heavy atom.